The zero-order chi connectivity index (χ0) is 12.8. The Morgan fingerprint density at radius 2 is 1.78 bits per heavy atom. The van der Waals surface area contributed by atoms with E-state index < -0.39 is 0 Å². The molecule has 0 aliphatic carbocycles. The van der Waals surface area contributed by atoms with E-state index in [-0.39, 0.29) is 0 Å². The third kappa shape index (κ3) is 3.04. The quantitative estimate of drug-likeness (QED) is 0.690. The minimum absolute atomic E-state index is 1.08. The van der Waals surface area contributed by atoms with Crippen LogP contribution in [0.3, 0.4) is 0 Å². The number of hydrogen-bond donors (Lipinski definition) is 1. The molecule has 0 saturated carbocycles. The lowest BCUT2D eigenvalue weighted by Gasteiger charge is -2.12. The molecule has 0 amide bonds. The summed E-state index contributed by atoms with van der Waals surface area (Å²) < 4.78 is 0. The number of benzene rings is 2. The molecule has 0 saturated heterocycles. The second-order valence-electron chi connectivity index (χ2n) is 4.97. The van der Waals surface area contributed by atoms with Crippen LogP contribution in [-0.4, -0.2) is 6.54 Å². The summed E-state index contributed by atoms with van der Waals surface area (Å²) in [5.74, 6) is 0. The van der Waals surface area contributed by atoms with Gasteiger partial charge < -0.3 is 5.32 Å². The molecular weight excluding hydrogens is 218 g/mol. The second-order valence-corrected chi connectivity index (χ2v) is 4.97. The Morgan fingerprint density at radius 1 is 0.944 bits per heavy atom. The van der Waals surface area contributed by atoms with E-state index >= 15 is 0 Å². The Balaban J connectivity index is 2.09. The van der Waals surface area contributed by atoms with E-state index in [2.05, 4.69) is 55.6 Å². The van der Waals surface area contributed by atoms with Gasteiger partial charge in [0.05, 0.1) is 0 Å². The summed E-state index contributed by atoms with van der Waals surface area (Å²) >= 11 is 0. The van der Waals surface area contributed by atoms with Crippen LogP contribution in [-0.2, 0) is 0 Å². The Bertz CT molecular complexity index is 502. The van der Waals surface area contributed by atoms with Crippen molar-refractivity contribution in [3.63, 3.8) is 0 Å². The molecule has 1 heteroatoms. The predicted octanol–water partition coefficient (Wildman–Crippen LogP) is 5.14. The van der Waals surface area contributed by atoms with Crippen molar-refractivity contribution in [1.29, 1.82) is 0 Å². The zero-order valence-electron chi connectivity index (χ0n) is 11.5. The van der Waals surface area contributed by atoms with Gasteiger partial charge in [0.1, 0.15) is 0 Å². The van der Waals surface area contributed by atoms with E-state index in [1.807, 2.05) is 0 Å². The van der Waals surface area contributed by atoms with Crippen molar-refractivity contribution in [1.82, 2.24) is 0 Å². The van der Waals surface area contributed by atoms with Crippen LogP contribution in [0.5, 0.6) is 0 Å². The standard InChI is InChI=1S/C17H23N/c1-3-4-5-8-13-18-17-14(2)11-12-15-9-6-7-10-16(15)17/h6-7,9-12,18H,3-5,8,13H2,1-2H3. The minimum Gasteiger partial charge on any atom is -0.384 e. The summed E-state index contributed by atoms with van der Waals surface area (Å²) in [6.07, 6.45) is 5.23. The molecule has 0 aliphatic rings. The lowest BCUT2D eigenvalue weighted by molar-refractivity contribution is 0.685. The first-order valence-electron chi connectivity index (χ1n) is 7.05. The number of hydrogen-bond acceptors (Lipinski definition) is 1. The number of fused-ring (bicyclic) bond motifs is 1. The van der Waals surface area contributed by atoms with E-state index in [9.17, 15) is 0 Å². The molecule has 2 rings (SSSR count). The second kappa shape index (κ2) is 6.44. The molecule has 0 aromatic heterocycles. The molecule has 2 aromatic carbocycles. The summed E-state index contributed by atoms with van der Waals surface area (Å²) in [6.45, 7) is 5.51. The molecular formula is C17H23N. The number of rotatable bonds is 6. The van der Waals surface area contributed by atoms with Gasteiger partial charge in [0, 0.05) is 17.6 Å². The summed E-state index contributed by atoms with van der Waals surface area (Å²) in [7, 11) is 0. The van der Waals surface area contributed by atoms with Crippen LogP contribution in [0.2, 0.25) is 0 Å². The highest BCUT2D eigenvalue weighted by molar-refractivity contribution is 5.95. The summed E-state index contributed by atoms with van der Waals surface area (Å²) in [5.41, 5.74) is 2.65. The van der Waals surface area contributed by atoms with Gasteiger partial charge in [-0.05, 0) is 24.3 Å². The molecule has 0 aliphatic heterocycles. The van der Waals surface area contributed by atoms with Gasteiger partial charge in [-0.3, -0.25) is 0 Å². The highest BCUT2D eigenvalue weighted by atomic mass is 14.9. The van der Waals surface area contributed by atoms with E-state index in [0.29, 0.717) is 0 Å². The smallest absolute Gasteiger partial charge is 0.0449 e. The van der Waals surface area contributed by atoms with E-state index in [0.717, 1.165) is 6.54 Å². The van der Waals surface area contributed by atoms with Crippen molar-refractivity contribution < 1.29 is 0 Å². The van der Waals surface area contributed by atoms with E-state index in [1.165, 1.54) is 47.7 Å². The normalized spacial score (nSPS) is 10.8. The van der Waals surface area contributed by atoms with Crippen LogP contribution in [0.15, 0.2) is 36.4 Å². The lowest BCUT2D eigenvalue weighted by Crippen LogP contribution is -2.03. The van der Waals surface area contributed by atoms with Crippen molar-refractivity contribution in [2.75, 3.05) is 11.9 Å². The molecule has 0 fully saturated rings. The van der Waals surface area contributed by atoms with Crippen molar-refractivity contribution in [3.8, 4) is 0 Å². The number of anilines is 1. The van der Waals surface area contributed by atoms with Crippen LogP contribution in [0.25, 0.3) is 10.8 Å². The van der Waals surface area contributed by atoms with Crippen molar-refractivity contribution in [3.05, 3.63) is 42.0 Å². The largest absolute Gasteiger partial charge is 0.384 e. The van der Waals surface area contributed by atoms with Gasteiger partial charge >= 0.3 is 0 Å². The molecule has 0 bridgehead atoms. The number of nitrogens with one attached hydrogen (secondary N) is 1. The van der Waals surface area contributed by atoms with Crippen LogP contribution in [0.1, 0.15) is 38.2 Å². The van der Waals surface area contributed by atoms with Crippen LogP contribution < -0.4 is 5.32 Å². The molecule has 1 nitrogen and oxygen atoms in total. The first kappa shape index (κ1) is 12.9. The van der Waals surface area contributed by atoms with Gasteiger partial charge in [0.25, 0.3) is 0 Å². The van der Waals surface area contributed by atoms with Gasteiger partial charge in [-0.1, -0.05) is 62.6 Å². The van der Waals surface area contributed by atoms with Gasteiger partial charge in [0.15, 0.2) is 0 Å². The van der Waals surface area contributed by atoms with Crippen LogP contribution >= 0.6 is 0 Å². The number of unbranched alkanes of at least 4 members (excludes halogenated alkanes) is 3. The SMILES string of the molecule is CCCCCCNc1c(C)ccc2ccccc12. The molecule has 96 valence electrons. The Morgan fingerprint density at radius 3 is 2.61 bits per heavy atom. The van der Waals surface area contributed by atoms with Gasteiger partial charge in [-0.25, -0.2) is 0 Å². The number of aryl methyl sites for hydroxylation is 1. The highest BCUT2D eigenvalue weighted by Gasteiger charge is 2.03. The fourth-order valence-corrected chi connectivity index (χ4v) is 2.38. The van der Waals surface area contributed by atoms with Crippen LogP contribution in [0.4, 0.5) is 5.69 Å². The molecule has 0 spiro atoms. The minimum atomic E-state index is 1.08. The third-order valence-electron chi connectivity index (χ3n) is 3.47. The fraction of sp³-hybridized carbons (Fsp3) is 0.412. The predicted molar refractivity (Wildman–Crippen MR) is 81.3 cm³/mol. The monoisotopic (exact) mass is 241 g/mol. The summed E-state index contributed by atoms with van der Waals surface area (Å²) in [4.78, 5) is 0. The fourth-order valence-electron chi connectivity index (χ4n) is 2.38. The Hall–Kier alpha value is -1.50. The molecule has 0 heterocycles. The van der Waals surface area contributed by atoms with Crippen molar-refractivity contribution in [2.24, 2.45) is 0 Å². The Labute approximate surface area is 110 Å². The molecule has 18 heavy (non-hydrogen) atoms. The summed E-state index contributed by atoms with van der Waals surface area (Å²) in [6, 6.07) is 13.0. The molecule has 0 radical (unpaired) electrons. The van der Waals surface area contributed by atoms with Crippen molar-refractivity contribution in [2.45, 2.75) is 39.5 Å². The van der Waals surface area contributed by atoms with Crippen molar-refractivity contribution >= 4 is 16.5 Å². The van der Waals surface area contributed by atoms with Gasteiger partial charge in [0.2, 0.25) is 0 Å². The first-order chi connectivity index (χ1) is 8.83. The molecule has 0 unspecified atom stereocenters. The topological polar surface area (TPSA) is 12.0 Å². The third-order valence-corrected chi connectivity index (χ3v) is 3.47. The average molecular weight is 241 g/mol. The maximum atomic E-state index is 3.61. The zero-order valence-corrected chi connectivity index (χ0v) is 11.5. The average Bonchev–Trinajstić information content (AvgIpc) is 2.41. The van der Waals surface area contributed by atoms with E-state index in [4.69, 9.17) is 0 Å². The maximum absolute atomic E-state index is 3.61. The lowest BCUT2D eigenvalue weighted by atomic mass is 10.0. The van der Waals surface area contributed by atoms with E-state index in [1.54, 1.807) is 0 Å². The molecule has 1 N–H and O–H groups in total. The summed E-state index contributed by atoms with van der Waals surface area (Å²) in [5, 5.41) is 6.27. The van der Waals surface area contributed by atoms with Gasteiger partial charge in [-0.2, -0.15) is 0 Å². The first-order valence-corrected chi connectivity index (χ1v) is 7.05. The molecule has 0 atom stereocenters. The van der Waals surface area contributed by atoms with Crippen LogP contribution in [0, 0.1) is 6.92 Å². The maximum Gasteiger partial charge on any atom is 0.0449 e. The Kier molecular flexibility index (Phi) is 4.63. The molecule has 2 aromatic rings. The van der Waals surface area contributed by atoms with Gasteiger partial charge in [-0.15, -0.1) is 0 Å². The highest BCUT2D eigenvalue weighted by Crippen LogP contribution is 2.26.